The highest BCUT2D eigenvalue weighted by Gasteiger charge is 2.61. The summed E-state index contributed by atoms with van der Waals surface area (Å²) in [4.78, 5) is 0. The highest BCUT2D eigenvalue weighted by molar-refractivity contribution is 5.92. The molecule has 3 aromatic rings. The van der Waals surface area contributed by atoms with E-state index >= 15 is 0 Å². The van der Waals surface area contributed by atoms with Gasteiger partial charge in [-0.25, -0.2) is 4.39 Å². The number of benzene rings is 2. The third-order valence-corrected chi connectivity index (χ3v) is 4.51. The van der Waals surface area contributed by atoms with Gasteiger partial charge in [0.2, 0.25) is 5.60 Å². The van der Waals surface area contributed by atoms with E-state index in [1.807, 2.05) is 0 Å². The molecule has 2 aromatic carbocycles. The number of aliphatic hydroxyl groups is 1. The van der Waals surface area contributed by atoms with E-state index in [1.54, 1.807) is 19.3 Å². The van der Waals surface area contributed by atoms with E-state index in [0.29, 0.717) is 5.56 Å². The number of hydrogen-bond donors (Lipinski definition) is 1. The SMILES string of the molecule is Cn1cc(-c2cc(F)cc3c2-c2ccccc2C3(O)C(F)(F)F)cn1. The highest BCUT2D eigenvalue weighted by Crippen LogP contribution is 2.57. The quantitative estimate of drug-likeness (QED) is 0.675. The third-order valence-electron chi connectivity index (χ3n) is 4.51. The summed E-state index contributed by atoms with van der Waals surface area (Å²) in [6.45, 7) is 0. The van der Waals surface area contributed by atoms with Crippen molar-refractivity contribution in [3.05, 3.63) is 65.7 Å². The van der Waals surface area contributed by atoms with Crippen LogP contribution >= 0.6 is 0 Å². The second kappa shape index (κ2) is 4.92. The predicted molar refractivity (Wildman–Crippen MR) is 83.1 cm³/mol. The van der Waals surface area contributed by atoms with Gasteiger partial charge in [-0.1, -0.05) is 24.3 Å². The van der Waals surface area contributed by atoms with Crippen LogP contribution in [0.25, 0.3) is 22.3 Å². The van der Waals surface area contributed by atoms with E-state index in [2.05, 4.69) is 5.10 Å². The molecule has 1 atom stereocenters. The number of aromatic nitrogens is 2. The van der Waals surface area contributed by atoms with Crippen molar-refractivity contribution in [1.29, 1.82) is 0 Å². The summed E-state index contributed by atoms with van der Waals surface area (Å²) in [6, 6.07) is 7.63. The maximum atomic E-state index is 14.2. The van der Waals surface area contributed by atoms with Crippen molar-refractivity contribution in [2.75, 3.05) is 0 Å². The van der Waals surface area contributed by atoms with Gasteiger partial charge in [0.05, 0.1) is 6.20 Å². The van der Waals surface area contributed by atoms with Gasteiger partial charge in [0, 0.05) is 29.9 Å². The molecular formula is C18H12F4N2O. The summed E-state index contributed by atoms with van der Waals surface area (Å²) < 4.78 is 57.0. The Labute approximate surface area is 140 Å². The number of alkyl halides is 3. The van der Waals surface area contributed by atoms with E-state index in [1.165, 1.54) is 29.1 Å². The Hall–Kier alpha value is -2.67. The zero-order valence-electron chi connectivity index (χ0n) is 13.0. The van der Waals surface area contributed by atoms with Gasteiger partial charge < -0.3 is 5.11 Å². The number of nitrogens with zero attached hydrogens (tertiary/aromatic N) is 2. The normalized spacial score (nSPS) is 19.0. The first-order valence-corrected chi connectivity index (χ1v) is 7.45. The Balaban J connectivity index is 2.13. The fourth-order valence-corrected chi connectivity index (χ4v) is 3.44. The lowest BCUT2D eigenvalue weighted by Crippen LogP contribution is -2.41. The molecular weight excluding hydrogens is 336 g/mol. The molecule has 1 heterocycles. The second-order valence-electron chi connectivity index (χ2n) is 6.03. The maximum absolute atomic E-state index is 14.2. The molecule has 7 heteroatoms. The molecule has 0 fully saturated rings. The van der Waals surface area contributed by atoms with Crippen LogP contribution in [0.15, 0.2) is 48.8 Å². The Morgan fingerprint density at radius 1 is 1.08 bits per heavy atom. The average molecular weight is 348 g/mol. The first kappa shape index (κ1) is 15.8. The number of hydrogen-bond acceptors (Lipinski definition) is 2. The van der Waals surface area contributed by atoms with Gasteiger partial charge >= 0.3 is 6.18 Å². The van der Waals surface area contributed by atoms with Crippen molar-refractivity contribution in [2.45, 2.75) is 11.8 Å². The summed E-state index contributed by atoms with van der Waals surface area (Å²) in [5.41, 5.74) is -2.91. The van der Waals surface area contributed by atoms with Crippen molar-refractivity contribution < 1.29 is 22.7 Å². The first-order chi connectivity index (χ1) is 11.7. The summed E-state index contributed by atoms with van der Waals surface area (Å²) in [5, 5.41) is 14.6. The number of rotatable bonds is 1. The minimum absolute atomic E-state index is 0.171. The van der Waals surface area contributed by atoms with Crippen LogP contribution in [-0.4, -0.2) is 21.1 Å². The summed E-state index contributed by atoms with van der Waals surface area (Å²) in [6.07, 6.45) is -1.96. The van der Waals surface area contributed by atoms with Crippen LogP contribution in [0.1, 0.15) is 11.1 Å². The van der Waals surface area contributed by atoms with E-state index in [0.717, 1.165) is 12.1 Å². The van der Waals surface area contributed by atoms with Crippen molar-refractivity contribution in [1.82, 2.24) is 9.78 Å². The minimum Gasteiger partial charge on any atom is -0.372 e. The van der Waals surface area contributed by atoms with E-state index in [-0.39, 0.29) is 22.3 Å². The second-order valence-corrected chi connectivity index (χ2v) is 6.03. The third kappa shape index (κ3) is 2.05. The molecule has 4 rings (SSSR count). The molecule has 1 N–H and O–H groups in total. The van der Waals surface area contributed by atoms with E-state index < -0.39 is 23.2 Å². The molecule has 128 valence electrons. The maximum Gasteiger partial charge on any atom is 0.425 e. The number of halogens is 4. The van der Waals surface area contributed by atoms with Gasteiger partial charge in [0.1, 0.15) is 5.82 Å². The molecule has 0 saturated heterocycles. The van der Waals surface area contributed by atoms with Gasteiger partial charge in [-0.15, -0.1) is 0 Å². The van der Waals surface area contributed by atoms with Crippen LogP contribution in [0.3, 0.4) is 0 Å². The van der Waals surface area contributed by atoms with Crippen molar-refractivity contribution in [2.24, 2.45) is 7.05 Å². The van der Waals surface area contributed by atoms with Gasteiger partial charge in [-0.3, -0.25) is 4.68 Å². The Kier molecular flexibility index (Phi) is 3.12. The monoisotopic (exact) mass is 348 g/mol. The molecule has 3 nitrogen and oxygen atoms in total. The Bertz CT molecular complexity index is 993. The predicted octanol–water partition coefficient (Wildman–Crippen LogP) is 4.00. The highest BCUT2D eigenvalue weighted by atomic mass is 19.4. The van der Waals surface area contributed by atoms with Crippen molar-refractivity contribution >= 4 is 0 Å². The van der Waals surface area contributed by atoms with Gasteiger partial charge in [0.25, 0.3) is 0 Å². The summed E-state index contributed by atoms with van der Waals surface area (Å²) in [7, 11) is 1.66. The fourth-order valence-electron chi connectivity index (χ4n) is 3.44. The standard InChI is InChI=1S/C18H12F4N2O/c1-24-9-10(8-23-24)13-6-11(19)7-15-16(13)12-4-2-3-5-14(12)17(15,25)18(20,21)22/h2-9,25H,1H3. The zero-order valence-corrected chi connectivity index (χ0v) is 13.0. The molecule has 0 amide bonds. The molecule has 25 heavy (non-hydrogen) atoms. The van der Waals surface area contributed by atoms with Gasteiger partial charge in [-0.05, 0) is 28.8 Å². The lowest BCUT2D eigenvalue weighted by atomic mass is 9.89. The molecule has 1 aliphatic carbocycles. The fraction of sp³-hybridized carbons (Fsp3) is 0.167. The van der Waals surface area contributed by atoms with Crippen LogP contribution in [0.2, 0.25) is 0 Å². The number of aryl methyl sites for hydroxylation is 1. The molecule has 0 saturated carbocycles. The van der Waals surface area contributed by atoms with Crippen LogP contribution in [0, 0.1) is 5.82 Å². The summed E-state index contributed by atoms with van der Waals surface area (Å²) >= 11 is 0. The van der Waals surface area contributed by atoms with Crippen molar-refractivity contribution in [3.8, 4) is 22.3 Å². The van der Waals surface area contributed by atoms with Crippen molar-refractivity contribution in [3.63, 3.8) is 0 Å². The summed E-state index contributed by atoms with van der Waals surface area (Å²) in [5.74, 6) is -0.854. The zero-order chi connectivity index (χ0) is 18.0. The molecule has 0 radical (unpaired) electrons. The van der Waals surface area contributed by atoms with Crippen LogP contribution in [-0.2, 0) is 12.6 Å². The van der Waals surface area contributed by atoms with Crippen LogP contribution < -0.4 is 0 Å². The Morgan fingerprint density at radius 2 is 1.80 bits per heavy atom. The molecule has 1 aliphatic rings. The molecule has 0 spiro atoms. The van der Waals surface area contributed by atoms with Gasteiger partial charge in [0.15, 0.2) is 0 Å². The lowest BCUT2D eigenvalue weighted by molar-refractivity contribution is -0.246. The molecule has 1 aromatic heterocycles. The topological polar surface area (TPSA) is 38.0 Å². The molecule has 1 unspecified atom stereocenters. The average Bonchev–Trinajstić information content (AvgIpc) is 3.08. The number of fused-ring (bicyclic) bond motifs is 3. The Morgan fingerprint density at radius 3 is 2.44 bits per heavy atom. The minimum atomic E-state index is -4.99. The first-order valence-electron chi connectivity index (χ1n) is 7.45. The van der Waals surface area contributed by atoms with E-state index in [4.69, 9.17) is 0 Å². The molecule has 0 bridgehead atoms. The largest absolute Gasteiger partial charge is 0.425 e. The lowest BCUT2D eigenvalue weighted by Gasteiger charge is -2.28. The van der Waals surface area contributed by atoms with Crippen LogP contribution in [0.5, 0.6) is 0 Å². The molecule has 0 aliphatic heterocycles. The van der Waals surface area contributed by atoms with Crippen LogP contribution in [0.4, 0.5) is 17.6 Å². The smallest absolute Gasteiger partial charge is 0.372 e. The van der Waals surface area contributed by atoms with E-state index in [9.17, 15) is 22.7 Å². The van der Waals surface area contributed by atoms with Gasteiger partial charge in [-0.2, -0.15) is 18.3 Å².